The first-order valence-corrected chi connectivity index (χ1v) is 7.70. The van der Waals surface area contributed by atoms with Gasteiger partial charge in [0.25, 0.3) is 0 Å². The number of hydrogen-bond donors (Lipinski definition) is 0. The van der Waals surface area contributed by atoms with Gasteiger partial charge in [-0.1, -0.05) is 29.8 Å². The summed E-state index contributed by atoms with van der Waals surface area (Å²) < 4.78 is 4.95. The van der Waals surface area contributed by atoms with Gasteiger partial charge in [-0.15, -0.1) is 0 Å². The van der Waals surface area contributed by atoms with Crippen molar-refractivity contribution < 1.29 is 9.53 Å². The van der Waals surface area contributed by atoms with Crippen LogP contribution >= 0.6 is 0 Å². The van der Waals surface area contributed by atoms with Crippen molar-refractivity contribution in [1.82, 2.24) is 9.80 Å². The van der Waals surface area contributed by atoms with Gasteiger partial charge in [-0.05, 0) is 24.3 Å². The lowest BCUT2D eigenvalue weighted by molar-refractivity contribution is -0.134. The van der Waals surface area contributed by atoms with Crippen LogP contribution in [0.15, 0.2) is 24.3 Å². The minimum absolute atomic E-state index is 0.136. The van der Waals surface area contributed by atoms with Crippen molar-refractivity contribution >= 4 is 5.91 Å². The monoisotopic (exact) mass is 288 g/mol. The van der Waals surface area contributed by atoms with Crippen LogP contribution in [0.5, 0.6) is 0 Å². The summed E-state index contributed by atoms with van der Waals surface area (Å²) in [6.45, 7) is 7.38. The second-order valence-corrected chi connectivity index (χ2v) is 6.43. The van der Waals surface area contributed by atoms with E-state index in [1.54, 1.807) is 7.11 Å². The maximum atomic E-state index is 11.9. The fourth-order valence-corrected chi connectivity index (χ4v) is 3.59. The second kappa shape index (κ2) is 6.16. The molecular formula is C17H24N2O2. The van der Waals surface area contributed by atoms with Crippen LogP contribution in [0.2, 0.25) is 0 Å². The SMILES string of the molecule is COCC(=O)N1C[C@H]2CN(Cc3ccc(C)cc3)C[C@H]2C1. The highest BCUT2D eigenvalue weighted by atomic mass is 16.5. The third kappa shape index (κ3) is 3.27. The Bertz CT molecular complexity index is 486. The molecular weight excluding hydrogens is 264 g/mol. The van der Waals surface area contributed by atoms with Crippen molar-refractivity contribution in [3.63, 3.8) is 0 Å². The van der Waals surface area contributed by atoms with E-state index in [-0.39, 0.29) is 12.5 Å². The Morgan fingerprint density at radius 1 is 1.14 bits per heavy atom. The number of carbonyl (C=O) groups is 1. The minimum atomic E-state index is 0.136. The molecule has 0 aromatic heterocycles. The van der Waals surface area contributed by atoms with E-state index >= 15 is 0 Å². The lowest BCUT2D eigenvalue weighted by atomic mass is 10.0. The topological polar surface area (TPSA) is 32.8 Å². The summed E-state index contributed by atoms with van der Waals surface area (Å²) in [6, 6.07) is 8.80. The van der Waals surface area contributed by atoms with Gasteiger partial charge in [0.05, 0.1) is 0 Å². The van der Waals surface area contributed by atoms with E-state index in [9.17, 15) is 4.79 Å². The number of carbonyl (C=O) groups excluding carboxylic acids is 1. The first kappa shape index (κ1) is 14.5. The molecule has 0 saturated carbocycles. The fourth-order valence-electron chi connectivity index (χ4n) is 3.59. The Kier molecular flexibility index (Phi) is 4.27. The number of aryl methyl sites for hydroxylation is 1. The van der Waals surface area contributed by atoms with Crippen LogP contribution in [0.4, 0.5) is 0 Å². The highest BCUT2D eigenvalue weighted by Gasteiger charge is 2.41. The van der Waals surface area contributed by atoms with E-state index in [0.29, 0.717) is 11.8 Å². The average Bonchev–Trinajstić information content (AvgIpc) is 3.00. The molecule has 2 saturated heterocycles. The number of amides is 1. The van der Waals surface area contributed by atoms with Crippen molar-refractivity contribution in [2.75, 3.05) is 39.9 Å². The minimum Gasteiger partial charge on any atom is -0.375 e. The first-order chi connectivity index (χ1) is 10.2. The summed E-state index contributed by atoms with van der Waals surface area (Å²) in [5, 5.41) is 0. The molecule has 1 aromatic rings. The summed E-state index contributed by atoms with van der Waals surface area (Å²) in [4.78, 5) is 16.4. The molecule has 0 radical (unpaired) electrons. The maximum Gasteiger partial charge on any atom is 0.248 e. The highest BCUT2D eigenvalue weighted by molar-refractivity contribution is 5.77. The van der Waals surface area contributed by atoms with Gasteiger partial charge in [0.15, 0.2) is 0 Å². The van der Waals surface area contributed by atoms with E-state index in [4.69, 9.17) is 4.74 Å². The number of rotatable bonds is 4. The van der Waals surface area contributed by atoms with Gasteiger partial charge in [-0.2, -0.15) is 0 Å². The maximum absolute atomic E-state index is 11.9. The van der Waals surface area contributed by atoms with Gasteiger partial charge in [-0.3, -0.25) is 9.69 Å². The van der Waals surface area contributed by atoms with E-state index < -0.39 is 0 Å². The number of nitrogens with zero attached hydrogens (tertiary/aromatic N) is 2. The number of fused-ring (bicyclic) bond motifs is 1. The van der Waals surface area contributed by atoms with Crippen LogP contribution in [-0.4, -0.2) is 55.6 Å². The van der Waals surface area contributed by atoms with Gasteiger partial charge in [-0.25, -0.2) is 0 Å². The average molecular weight is 288 g/mol. The number of hydrogen-bond acceptors (Lipinski definition) is 3. The lowest BCUT2D eigenvalue weighted by Gasteiger charge is -2.21. The summed E-state index contributed by atoms with van der Waals surface area (Å²) in [6.07, 6.45) is 0. The third-order valence-corrected chi connectivity index (χ3v) is 4.71. The zero-order valence-corrected chi connectivity index (χ0v) is 12.9. The molecule has 0 bridgehead atoms. The van der Waals surface area contributed by atoms with Gasteiger partial charge in [0, 0.05) is 39.8 Å². The molecule has 0 N–H and O–H groups in total. The third-order valence-electron chi connectivity index (χ3n) is 4.71. The van der Waals surface area contributed by atoms with Crippen LogP contribution in [0, 0.1) is 18.8 Å². The molecule has 1 aromatic carbocycles. The van der Waals surface area contributed by atoms with Crippen LogP contribution in [0.3, 0.4) is 0 Å². The smallest absolute Gasteiger partial charge is 0.248 e. The van der Waals surface area contributed by atoms with Crippen molar-refractivity contribution in [3.05, 3.63) is 35.4 Å². The number of methoxy groups -OCH3 is 1. The van der Waals surface area contributed by atoms with E-state index in [1.807, 2.05) is 4.90 Å². The molecule has 4 heteroatoms. The van der Waals surface area contributed by atoms with Gasteiger partial charge >= 0.3 is 0 Å². The molecule has 21 heavy (non-hydrogen) atoms. The number of likely N-dealkylation sites (tertiary alicyclic amines) is 2. The van der Waals surface area contributed by atoms with Crippen molar-refractivity contribution in [1.29, 1.82) is 0 Å². The Hall–Kier alpha value is -1.39. The van der Waals surface area contributed by atoms with E-state index in [2.05, 4.69) is 36.1 Å². The fraction of sp³-hybridized carbons (Fsp3) is 0.588. The Morgan fingerprint density at radius 2 is 1.76 bits per heavy atom. The normalized spacial score (nSPS) is 25.3. The predicted molar refractivity (Wildman–Crippen MR) is 81.9 cm³/mol. The summed E-state index contributed by atoms with van der Waals surface area (Å²) in [5.41, 5.74) is 2.69. The molecule has 2 heterocycles. The molecule has 2 atom stereocenters. The molecule has 1 amide bonds. The number of ether oxygens (including phenoxy) is 1. The van der Waals surface area contributed by atoms with Crippen molar-refractivity contribution in [3.8, 4) is 0 Å². The lowest BCUT2D eigenvalue weighted by Crippen LogP contribution is -2.35. The van der Waals surface area contributed by atoms with Crippen LogP contribution in [0.1, 0.15) is 11.1 Å². The first-order valence-electron chi connectivity index (χ1n) is 7.70. The van der Waals surface area contributed by atoms with E-state index in [0.717, 1.165) is 32.7 Å². The molecule has 3 rings (SSSR count). The summed E-state index contributed by atoms with van der Waals surface area (Å²) in [7, 11) is 1.58. The quantitative estimate of drug-likeness (QED) is 0.842. The van der Waals surface area contributed by atoms with Gasteiger partial charge < -0.3 is 9.64 Å². The summed E-state index contributed by atoms with van der Waals surface area (Å²) in [5.74, 6) is 1.41. The molecule has 0 unspecified atom stereocenters. The van der Waals surface area contributed by atoms with Crippen LogP contribution in [0.25, 0.3) is 0 Å². The van der Waals surface area contributed by atoms with Crippen LogP contribution < -0.4 is 0 Å². The molecule has 2 aliphatic rings. The standard InChI is InChI=1S/C17H24N2O2/c1-13-3-5-14(6-4-13)7-18-8-15-10-19(11-16(15)9-18)17(20)12-21-2/h3-6,15-16H,7-12H2,1-2H3/t15-,16+. The van der Waals surface area contributed by atoms with Crippen molar-refractivity contribution in [2.24, 2.45) is 11.8 Å². The Morgan fingerprint density at radius 3 is 2.33 bits per heavy atom. The molecule has 0 aliphatic carbocycles. The summed E-state index contributed by atoms with van der Waals surface area (Å²) >= 11 is 0. The molecule has 2 fully saturated rings. The molecule has 0 spiro atoms. The predicted octanol–water partition coefficient (Wildman–Crippen LogP) is 1.53. The van der Waals surface area contributed by atoms with Crippen molar-refractivity contribution in [2.45, 2.75) is 13.5 Å². The number of benzene rings is 1. The van der Waals surface area contributed by atoms with Crippen LogP contribution in [-0.2, 0) is 16.1 Å². The Labute approximate surface area is 126 Å². The molecule has 114 valence electrons. The van der Waals surface area contributed by atoms with Gasteiger partial charge in [0.1, 0.15) is 6.61 Å². The second-order valence-electron chi connectivity index (χ2n) is 6.43. The van der Waals surface area contributed by atoms with Gasteiger partial charge in [0.2, 0.25) is 5.91 Å². The zero-order chi connectivity index (χ0) is 14.8. The largest absolute Gasteiger partial charge is 0.375 e. The highest BCUT2D eigenvalue weighted by Crippen LogP contribution is 2.31. The molecule has 4 nitrogen and oxygen atoms in total. The Balaban J connectivity index is 1.52. The van der Waals surface area contributed by atoms with E-state index in [1.165, 1.54) is 11.1 Å². The molecule has 2 aliphatic heterocycles. The zero-order valence-electron chi connectivity index (χ0n) is 12.9.